The van der Waals surface area contributed by atoms with E-state index in [0.717, 1.165) is 19.3 Å². The molecule has 0 bridgehead atoms. The molecule has 1 N–H and O–H groups in total. The molecular formula is C13H19BrClNO2S. The van der Waals surface area contributed by atoms with Crippen LogP contribution < -0.4 is 4.72 Å². The normalized spacial score (nSPS) is 12.7. The second-order valence-corrected chi connectivity index (χ2v) is 7.47. The molecule has 0 spiro atoms. The van der Waals surface area contributed by atoms with E-state index in [2.05, 4.69) is 20.7 Å². The molecule has 6 heteroatoms. The summed E-state index contributed by atoms with van der Waals surface area (Å²) in [6.07, 6.45) is 2.27. The van der Waals surface area contributed by atoms with Crippen molar-refractivity contribution in [2.75, 3.05) is 0 Å². The van der Waals surface area contributed by atoms with Crippen molar-refractivity contribution in [1.82, 2.24) is 4.72 Å². The van der Waals surface area contributed by atoms with E-state index in [0.29, 0.717) is 9.50 Å². The van der Waals surface area contributed by atoms with Crippen LogP contribution in [0.25, 0.3) is 0 Å². The molecule has 19 heavy (non-hydrogen) atoms. The number of sulfonamides is 1. The minimum Gasteiger partial charge on any atom is -0.207 e. The fraction of sp³-hybridized carbons (Fsp3) is 0.538. The lowest BCUT2D eigenvalue weighted by Gasteiger charge is -2.31. The first-order valence-corrected chi connectivity index (χ1v) is 8.94. The lowest BCUT2D eigenvalue weighted by atomic mass is 9.91. The summed E-state index contributed by atoms with van der Waals surface area (Å²) in [7, 11) is -3.53. The summed E-state index contributed by atoms with van der Waals surface area (Å²) in [5.41, 5.74) is -0.384. The summed E-state index contributed by atoms with van der Waals surface area (Å²) in [6, 6.07) is 4.61. The van der Waals surface area contributed by atoms with E-state index < -0.39 is 10.0 Å². The quantitative estimate of drug-likeness (QED) is 0.811. The van der Waals surface area contributed by atoms with Gasteiger partial charge in [0.1, 0.15) is 0 Å². The second kappa shape index (κ2) is 6.57. The first kappa shape index (κ1) is 17.0. The predicted molar refractivity (Wildman–Crippen MR) is 83.1 cm³/mol. The molecule has 0 saturated heterocycles. The van der Waals surface area contributed by atoms with Crippen LogP contribution in [0.5, 0.6) is 0 Å². The highest BCUT2D eigenvalue weighted by molar-refractivity contribution is 9.10. The van der Waals surface area contributed by atoms with Crippen molar-refractivity contribution in [3.05, 3.63) is 27.7 Å². The number of hydrogen-bond acceptors (Lipinski definition) is 2. The average molecular weight is 369 g/mol. The second-order valence-electron chi connectivity index (χ2n) is 4.52. The molecule has 0 amide bonds. The third kappa shape index (κ3) is 3.94. The zero-order chi connectivity index (χ0) is 14.7. The van der Waals surface area contributed by atoms with E-state index in [9.17, 15) is 8.42 Å². The maximum atomic E-state index is 12.4. The molecule has 0 atom stereocenters. The Bertz CT molecular complexity index is 533. The molecule has 1 aromatic carbocycles. The molecular weight excluding hydrogens is 350 g/mol. The van der Waals surface area contributed by atoms with Gasteiger partial charge in [0.15, 0.2) is 0 Å². The van der Waals surface area contributed by atoms with Gasteiger partial charge in [-0.05, 0) is 53.4 Å². The first-order chi connectivity index (χ1) is 8.80. The minimum absolute atomic E-state index is 0.225. The third-order valence-electron chi connectivity index (χ3n) is 3.58. The monoisotopic (exact) mass is 367 g/mol. The molecule has 0 aliphatic heterocycles. The molecule has 3 nitrogen and oxygen atoms in total. The third-order valence-corrected chi connectivity index (χ3v) is 6.37. The summed E-state index contributed by atoms with van der Waals surface area (Å²) in [5, 5.41) is 0.492. The zero-order valence-corrected chi connectivity index (χ0v) is 14.5. The molecule has 0 aromatic heterocycles. The van der Waals surface area contributed by atoms with E-state index in [1.807, 2.05) is 20.8 Å². The standard InChI is InChI=1S/C13H19BrClNO2S/c1-4-13(5-2,6-3)16-19(17,18)10-7-8-12(15)11(14)9-10/h7-9,16H,4-6H2,1-3H3. The Hall–Kier alpha value is -0.100. The fourth-order valence-corrected chi connectivity index (χ4v) is 4.24. The van der Waals surface area contributed by atoms with Crippen LogP contribution in [0, 0.1) is 0 Å². The SMILES string of the molecule is CCC(CC)(CC)NS(=O)(=O)c1ccc(Cl)c(Br)c1. The molecule has 0 radical (unpaired) electrons. The molecule has 0 heterocycles. The lowest BCUT2D eigenvalue weighted by Crippen LogP contribution is -2.46. The highest BCUT2D eigenvalue weighted by Gasteiger charge is 2.30. The van der Waals surface area contributed by atoms with Gasteiger partial charge in [0.25, 0.3) is 0 Å². The molecule has 0 aliphatic rings. The molecule has 1 rings (SSSR count). The van der Waals surface area contributed by atoms with Crippen molar-refractivity contribution in [2.24, 2.45) is 0 Å². The predicted octanol–water partition coefficient (Wildman–Crippen LogP) is 4.35. The van der Waals surface area contributed by atoms with E-state index in [4.69, 9.17) is 11.6 Å². The van der Waals surface area contributed by atoms with Gasteiger partial charge in [-0.1, -0.05) is 32.4 Å². The Labute approximate surface area is 128 Å². The van der Waals surface area contributed by atoms with Gasteiger partial charge in [0, 0.05) is 10.0 Å². The maximum absolute atomic E-state index is 12.4. The van der Waals surface area contributed by atoms with Crippen LogP contribution in [0.3, 0.4) is 0 Å². The van der Waals surface area contributed by atoms with Crippen LogP contribution in [0.4, 0.5) is 0 Å². The number of benzene rings is 1. The van der Waals surface area contributed by atoms with Gasteiger partial charge in [0.05, 0.1) is 9.92 Å². The maximum Gasteiger partial charge on any atom is 0.241 e. The fourth-order valence-electron chi connectivity index (χ4n) is 1.95. The summed E-state index contributed by atoms with van der Waals surface area (Å²) in [5.74, 6) is 0. The molecule has 0 unspecified atom stereocenters. The molecule has 0 fully saturated rings. The smallest absolute Gasteiger partial charge is 0.207 e. The van der Waals surface area contributed by atoms with Crippen LogP contribution in [-0.2, 0) is 10.0 Å². The van der Waals surface area contributed by atoms with Gasteiger partial charge >= 0.3 is 0 Å². The van der Waals surface area contributed by atoms with E-state index in [-0.39, 0.29) is 10.4 Å². The number of rotatable bonds is 6. The van der Waals surface area contributed by atoms with Crippen LogP contribution in [0.1, 0.15) is 40.0 Å². The Morgan fingerprint density at radius 2 is 1.74 bits per heavy atom. The van der Waals surface area contributed by atoms with Gasteiger partial charge in [-0.15, -0.1) is 0 Å². The van der Waals surface area contributed by atoms with Crippen LogP contribution in [0.15, 0.2) is 27.6 Å². The average Bonchev–Trinajstić information content (AvgIpc) is 2.39. The molecule has 0 aliphatic carbocycles. The first-order valence-electron chi connectivity index (χ1n) is 6.29. The van der Waals surface area contributed by atoms with Crippen molar-refractivity contribution < 1.29 is 8.42 Å². The van der Waals surface area contributed by atoms with Crippen molar-refractivity contribution >= 4 is 37.6 Å². The minimum atomic E-state index is -3.53. The number of halogens is 2. The zero-order valence-electron chi connectivity index (χ0n) is 11.3. The van der Waals surface area contributed by atoms with E-state index in [1.54, 1.807) is 6.07 Å². The largest absolute Gasteiger partial charge is 0.241 e. The van der Waals surface area contributed by atoms with Crippen molar-refractivity contribution in [3.63, 3.8) is 0 Å². The van der Waals surface area contributed by atoms with E-state index in [1.165, 1.54) is 12.1 Å². The molecule has 108 valence electrons. The summed E-state index contributed by atoms with van der Waals surface area (Å²) < 4.78 is 28.2. The van der Waals surface area contributed by atoms with Gasteiger partial charge in [-0.3, -0.25) is 0 Å². The number of nitrogens with one attached hydrogen (secondary N) is 1. The van der Waals surface area contributed by atoms with Gasteiger partial charge in [0.2, 0.25) is 10.0 Å². The van der Waals surface area contributed by atoms with Crippen LogP contribution in [0.2, 0.25) is 5.02 Å². The van der Waals surface area contributed by atoms with Gasteiger partial charge in [-0.2, -0.15) is 0 Å². The van der Waals surface area contributed by atoms with Crippen molar-refractivity contribution in [2.45, 2.75) is 50.5 Å². The van der Waals surface area contributed by atoms with Crippen LogP contribution >= 0.6 is 27.5 Å². The molecule has 1 aromatic rings. The van der Waals surface area contributed by atoms with Crippen molar-refractivity contribution in [1.29, 1.82) is 0 Å². The van der Waals surface area contributed by atoms with Gasteiger partial charge in [-0.25, -0.2) is 13.1 Å². The van der Waals surface area contributed by atoms with Gasteiger partial charge < -0.3 is 0 Å². The highest BCUT2D eigenvalue weighted by atomic mass is 79.9. The topological polar surface area (TPSA) is 46.2 Å². The Balaban J connectivity index is 3.14. The number of hydrogen-bond donors (Lipinski definition) is 1. The highest BCUT2D eigenvalue weighted by Crippen LogP contribution is 2.27. The Morgan fingerprint density at radius 1 is 1.21 bits per heavy atom. The molecule has 0 saturated carbocycles. The summed E-state index contributed by atoms with van der Waals surface area (Å²) in [6.45, 7) is 5.98. The Morgan fingerprint density at radius 3 is 2.16 bits per heavy atom. The van der Waals surface area contributed by atoms with E-state index >= 15 is 0 Å². The summed E-state index contributed by atoms with van der Waals surface area (Å²) >= 11 is 9.13. The van der Waals surface area contributed by atoms with Crippen LogP contribution in [-0.4, -0.2) is 14.0 Å². The summed E-state index contributed by atoms with van der Waals surface area (Å²) in [4.78, 5) is 0.225. The Kier molecular flexibility index (Phi) is 5.86. The van der Waals surface area contributed by atoms with Crippen molar-refractivity contribution in [3.8, 4) is 0 Å². The lowest BCUT2D eigenvalue weighted by molar-refractivity contribution is 0.341.